The molecule has 0 unspecified atom stereocenters. The maximum Gasteiger partial charge on any atom is 0.471 e. The van der Waals surface area contributed by atoms with E-state index in [1.165, 1.54) is 0 Å². The molecule has 0 aliphatic heterocycles. The van der Waals surface area contributed by atoms with Gasteiger partial charge in [0.2, 0.25) is 5.91 Å². The first-order valence-corrected chi connectivity index (χ1v) is 6.37. The van der Waals surface area contributed by atoms with Gasteiger partial charge in [0, 0.05) is 5.69 Å². The summed E-state index contributed by atoms with van der Waals surface area (Å²) in [5, 5.41) is 4.25. The highest BCUT2D eigenvalue weighted by Gasteiger charge is 2.41. The number of halogens is 3. The van der Waals surface area contributed by atoms with Crippen LogP contribution < -0.4 is 10.6 Å². The van der Waals surface area contributed by atoms with Gasteiger partial charge in [0.25, 0.3) is 0 Å². The molecule has 0 radical (unpaired) electrons. The Balaban J connectivity index is 2.84. The van der Waals surface area contributed by atoms with Gasteiger partial charge in [-0.2, -0.15) is 13.2 Å². The van der Waals surface area contributed by atoms with Crippen molar-refractivity contribution in [2.24, 2.45) is 5.92 Å². The number of para-hydroxylation sites is 1. The Morgan fingerprint density at radius 2 is 1.71 bits per heavy atom. The van der Waals surface area contributed by atoms with Crippen LogP contribution in [0.1, 0.15) is 19.4 Å². The van der Waals surface area contributed by atoms with Gasteiger partial charge in [0.15, 0.2) is 0 Å². The lowest BCUT2D eigenvalue weighted by Gasteiger charge is -2.22. The molecule has 0 bridgehead atoms. The van der Waals surface area contributed by atoms with E-state index in [0.29, 0.717) is 5.69 Å². The van der Waals surface area contributed by atoms with Crippen LogP contribution in [-0.4, -0.2) is 24.0 Å². The summed E-state index contributed by atoms with van der Waals surface area (Å²) in [7, 11) is 0. The molecule has 0 aliphatic rings. The van der Waals surface area contributed by atoms with Crippen LogP contribution in [0.3, 0.4) is 0 Å². The molecule has 0 aromatic heterocycles. The maximum atomic E-state index is 12.3. The third kappa shape index (κ3) is 4.77. The van der Waals surface area contributed by atoms with Gasteiger partial charge in [0.1, 0.15) is 6.04 Å². The zero-order chi connectivity index (χ0) is 16.2. The van der Waals surface area contributed by atoms with Crippen LogP contribution in [0, 0.1) is 12.8 Å². The van der Waals surface area contributed by atoms with E-state index in [-0.39, 0.29) is 0 Å². The van der Waals surface area contributed by atoms with Crippen LogP contribution in [0.4, 0.5) is 18.9 Å². The second-order valence-corrected chi connectivity index (χ2v) is 5.00. The van der Waals surface area contributed by atoms with Crippen molar-refractivity contribution in [2.45, 2.75) is 33.0 Å². The molecule has 0 saturated heterocycles. The summed E-state index contributed by atoms with van der Waals surface area (Å²) in [6.07, 6.45) is -5.02. The smallest absolute Gasteiger partial charge is 0.336 e. The molecule has 0 heterocycles. The van der Waals surface area contributed by atoms with E-state index in [1.54, 1.807) is 50.4 Å². The monoisotopic (exact) mass is 302 g/mol. The highest BCUT2D eigenvalue weighted by atomic mass is 19.4. The zero-order valence-electron chi connectivity index (χ0n) is 11.9. The summed E-state index contributed by atoms with van der Waals surface area (Å²) in [5.74, 6) is -3.29. The first-order chi connectivity index (χ1) is 9.62. The van der Waals surface area contributed by atoms with E-state index < -0.39 is 30.0 Å². The normalized spacial score (nSPS) is 12.9. The molecule has 1 atom stereocenters. The Morgan fingerprint density at radius 1 is 1.14 bits per heavy atom. The van der Waals surface area contributed by atoms with Crippen molar-refractivity contribution < 1.29 is 22.8 Å². The molecule has 2 amide bonds. The molecule has 1 aromatic carbocycles. The van der Waals surface area contributed by atoms with Gasteiger partial charge in [-0.05, 0) is 24.5 Å². The Morgan fingerprint density at radius 3 is 2.19 bits per heavy atom. The van der Waals surface area contributed by atoms with E-state index in [9.17, 15) is 22.8 Å². The molecule has 7 heteroatoms. The number of carbonyl (C=O) groups is 2. The zero-order valence-corrected chi connectivity index (χ0v) is 11.9. The standard InChI is InChI=1S/C14H17F3N2O2/c1-8(2)11(19-13(21)14(15,16)17)12(20)18-10-7-5-4-6-9(10)3/h4-8,11H,1-3H3,(H,18,20)(H,19,21)/t11-/m0/s1. The Hall–Kier alpha value is -2.05. The number of hydrogen-bond acceptors (Lipinski definition) is 2. The first kappa shape index (κ1) is 17.0. The fourth-order valence-corrected chi connectivity index (χ4v) is 1.68. The number of carbonyl (C=O) groups excluding carboxylic acids is 2. The van der Waals surface area contributed by atoms with Crippen LogP contribution in [-0.2, 0) is 9.59 Å². The average molecular weight is 302 g/mol. The van der Waals surface area contributed by atoms with Crippen molar-refractivity contribution in [3.05, 3.63) is 29.8 Å². The first-order valence-electron chi connectivity index (χ1n) is 6.37. The number of alkyl halides is 3. The molecular weight excluding hydrogens is 285 g/mol. The van der Waals surface area contributed by atoms with Crippen LogP contribution in [0.25, 0.3) is 0 Å². The molecule has 1 aromatic rings. The average Bonchev–Trinajstić information content (AvgIpc) is 2.36. The Bertz CT molecular complexity index is 527. The lowest BCUT2D eigenvalue weighted by atomic mass is 10.0. The number of rotatable bonds is 4. The number of hydrogen-bond donors (Lipinski definition) is 2. The fraction of sp³-hybridized carbons (Fsp3) is 0.429. The minimum Gasteiger partial charge on any atom is -0.336 e. The highest BCUT2D eigenvalue weighted by molar-refractivity contribution is 5.98. The molecule has 21 heavy (non-hydrogen) atoms. The van der Waals surface area contributed by atoms with Gasteiger partial charge >= 0.3 is 12.1 Å². The molecule has 1 rings (SSSR count). The highest BCUT2D eigenvalue weighted by Crippen LogP contribution is 2.17. The minimum atomic E-state index is -5.02. The van der Waals surface area contributed by atoms with Crippen molar-refractivity contribution in [1.82, 2.24) is 5.32 Å². The number of anilines is 1. The lowest BCUT2D eigenvalue weighted by molar-refractivity contribution is -0.175. The quantitative estimate of drug-likeness (QED) is 0.898. The number of benzene rings is 1. The van der Waals surface area contributed by atoms with Crippen molar-refractivity contribution in [3.63, 3.8) is 0 Å². The lowest BCUT2D eigenvalue weighted by Crippen LogP contribution is -2.51. The van der Waals surface area contributed by atoms with E-state index in [0.717, 1.165) is 5.56 Å². The van der Waals surface area contributed by atoms with Crippen LogP contribution >= 0.6 is 0 Å². The van der Waals surface area contributed by atoms with Crippen molar-refractivity contribution >= 4 is 17.5 Å². The molecule has 0 saturated carbocycles. The van der Waals surface area contributed by atoms with Gasteiger partial charge in [0.05, 0.1) is 0 Å². The van der Waals surface area contributed by atoms with E-state index in [2.05, 4.69) is 5.32 Å². The second kappa shape index (κ2) is 6.60. The largest absolute Gasteiger partial charge is 0.471 e. The molecule has 0 aliphatic carbocycles. The summed E-state index contributed by atoms with van der Waals surface area (Å²) >= 11 is 0. The van der Waals surface area contributed by atoms with Gasteiger partial charge in [-0.1, -0.05) is 32.0 Å². The summed E-state index contributed by atoms with van der Waals surface area (Å²) in [5.41, 5.74) is 1.27. The molecule has 4 nitrogen and oxygen atoms in total. The second-order valence-electron chi connectivity index (χ2n) is 5.00. The SMILES string of the molecule is Cc1ccccc1NC(=O)[C@@H](NC(=O)C(F)(F)F)C(C)C. The molecule has 0 spiro atoms. The third-order valence-electron chi connectivity index (χ3n) is 2.90. The van der Waals surface area contributed by atoms with Crippen LogP contribution in [0.15, 0.2) is 24.3 Å². The molecule has 0 fully saturated rings. The fourth-order valence-electron chi connectivity index (χ4n) is 1.68. The maximum absolute atomic E-state index is 12.3. The van der Waals surface area contributed by atoms with Crippen LogP contribution in [0.5, 0.6) is 0 Å². The van der Waals surface area contributed by atoms with E-state index >= 15 is 0 Å². The number of nitrogens with one attached hydrogen (secondary N) is 2. The summed E-state index contributed by atoms with van der Waals surface area (Å²) < 4.78 is 36.9. The van der Waals surface area contributed by atoms with Crippen molar-refractivity contribution in [3.8, 4) is 0 Å². The van der Waals surface area contributed by atoms with E-state index in [4.69, 9.17) is 0 Å². The third-order valence-corrected chi connectivity index (χ3v) is 2.90. The van der Waals surface area contributed by atoms with Crippen LogP contribution in [0.2, 0.25) is 0 Å². The van der Waals surface area contributed by atoms with E-state index in [1.807, 2.05) is 0 Å². The number of amides is 2. The Kier molecular flexibility index (Phi) is 5.34. The summed E-state index contributed by atoms with van der Waals surface area (Å²) in [6, 6.07) is 5.60. The molecule has 116 valence electrons. The topological polar surface area (TPSA) is 58.2 Å². The summed E-state index contributed by atoms with van der Waals surface area (Å²) in [6.45, 7) is 4.87. The molecular formula is C14H17F3N2O2. The summed E-state index contributed by atoms with van der Waals surface area (Å²) in [4.78, 5) is 23.1. The van der Waals surface area contributed by atoms with Crippen molar-refractivity contribution in [2.75, 3.05) is 5.32 Å². The Labute approximate surface area is 120 Å². The van der Waals surface area contributed by atoms with Gasteiger partial charge in [-0.15, -0.1) is 0 Å². The number of aryl methyl sites for hydroxylation is 1. The minimum absolute atomic E-state index is 0.486. The van der Waals surface area contributed by atoms with Gasteiger partial charge in [-0.25, -0.2) is 0 Å². The van der Waals surface area contributed by atoms with Gasteiger partial charge in [-0.3, -0.25) is 9.59 Å². The molecule has 2 N–H and O–H groups in total. The predicted octanol–water partition coefficient (Wildman–Crippen LogP) is 2.64. The predicted molar refractivity (Wildman–Crippen MR) is 72.6 cm³/mol. The van der Waals surface area contributed by atoms with Crippen molar-refractivity contribution in [1.29, 1.82) is 0 Å². The van der Waals surface area contributed by atoms with Gasteiger partial charge < -0.3 is 10.6 Å².